The van der Waals surface area contributed by atoms with Crippen molar-refractivity contribution in [1.82, 2.24) is 19.8 Å². The van der Waals surface area contributed by atoms with Crippen molar-refractivity contribution < 1.29 is 0 Å². The van der Waals surface area contributed by atoms with Crippen LogP contribution in [-0.2, 0) is 12.1 Å². The predicted octanol–water partition coefficient (Wildman–Crippen LogP) is 2.59. The lowest BCUT2D eigenvalue weighted by molar-refractivity contribution is 0.262. The van der Waals surface area contributed by atoms with Crippen molar-refractivity contribution >= 4 is 11.0 Å². The molecular formula is C17H26N4. The number of hydrogen-bond acceptors (Lipinski definition) is 3. The maximum atomic E-state index is 4.90. The third kappa shape index (κ3) is 3.11. The van der Waals surface area contributed by atoms with Gasteiger partial charge in [0.05, 0.1) is 17.6 Å². The van der Waals surface area contributed by atoms with Gasteiger partial charge in [-0.3, -0.25) is 4.90 Å². The number of benzene rings is 1. The van der Waals surface area contributed by atoms with Gasteiger partial charge in [0.25, 0.3) is 0 Å². The van der Waals surface area contributed by atoms with E-state index in [1.165, 1.54) is 17.8 Å². The molecule has 0 spiro atoms. The van der Waals surface area contributed by atoms with Crippen molar-refractivity contribution in [1.29, 1.82) is 0 Å². The third-order valence-electron chi connectivity index (χ3n) is 4.10. The second-order valence-electron chi connectivity index (χ2n) is 6.90. The minimum atomic E-state index is 0.0511. The molecule has 0 unspecified atom stereocenters. The summed E-state index contributed by atoms with van der Waals surface area (Å²) in [7, 11) is 0. The molecule has 0 aliphatic carbocycles. The number of imidazole rings is 1. The highest BCUT2D eigenvalue weighted by atomic mass is 15.2. The molecule has 2 heterocycles. The average Bonchev–Trinajstić information content (AvgIpc) is 2.60. The Bertz CT molecular complexity index is 601. The number of aromatic nitrogens is 2. The van der Waals surface area contributed by atoms with Crippen molar-refractivity contribution in [3.63, 3.8) is 0 Å². The van der Waals surface area contributed by atoms with E-state index < -0.39 is 0 Å². The van der Waals surface area contributed by atoms with Gasteiger partial charge in [0.2, 0.25) is 0 Å². The lowest BCUT2D eigenvalue weighted by atomic mass is 10.1. The fourth-order valence-corrected chi connectivity index (χ4v) is 3.19. The number of rotatable bonds is 2. The zero-order valence-electron chi connectivity index (χ0n) is 13.4. The Balaban J connectivity index is 1.97. The molecule has 0 amide bonds. The molecule has 4 nitrogen and oxygen atoms in total. The molecule has 4 heteroatoms. The van der Waals surface area contributed by atoms with Crippen LogP contribution in [0.4, 0.5) is 0 Å². The molecule has 1 saturated heterocycles. The zero-order chi connectivity index (χ0) is 14.9. The van der Waals surface area contributed by atoms with Crippen LogP contribution in [0, 0.1) is 0 Å². The van der Waals surface area contributed by atoms with Crippen LogP contribution in [0.3, 0.4) is 0 Å². The molecule has 21 heavy (non-hydrogen) atoms. The number of para-hydroxylation sites is 2. The summed E-state index contributed by atoms with van der Waals surface area (Å²) >= 11 is 0. The molecule has 1 aromatic heterocycles. The van der Waals surface area contributed by atoms with E-state index in [1.54, 1.807) is 0 Å². The molecule has 0 saturated carbocycles. The summed E-state index contributed by atoms with van der Waals surface area (Å²) in [6, 6.07) is 8.47. The van der Waals surface area contributed by atoms with E-state index in [2.05, 4.69) is 59.8 Å². The van der Waals surface area contributed by atoms with Crippen molar-refractivity contribution in [2.24, 2.45) is 0 Å². The number of nitrogens with one attached hydrogen (secondary N) is 1. The van der Waals surface area contributed by atoms with Gasteiger partial charge in [-0.15, -0.1) is 0 Å². The van der Waals surface area contributed by atoms with E-state index in [-0.39, 0.29) is 5.54 Å². The van der Waals surface area contributed by atoms with Crippen LogP contribution >= 0.6 is 0 Å². The van der Waals surface area contributed by atoms with Crippen LogP contribution in [0.5, 0.6) is 0 Å². The topological polar surface area (TPSA) is 33.1 Å². The molecule has 114 valence electrons. The average molecular weight is 286 g/mol. The fraction of sp³-hybridized carbons (Fsp3) is 0.588. The number of fused-ring (bicyclic) bond motifs is 1. The van der Waals surface area contributed by atoms with Crippen molar-refractivity contribution in [2.45, 2.75) is 39.3 Å². The van der Waals surface area contributed by atoms with Crippen LogP contribution < -0.4 is 5.32 Å². The number of nitrogens with zero attached hydrogens (tertiary/aromatic N) is 3. The van der Waals surface area contributed by atoms with Crippen LogP contribution in [-0.4, -0.2) is 40.6 Å². The van der Waals surface area contributed by atoms with Crippen molar-refractivity contribution in [3.8, 4) is 0 Å². The predicted molar refractivity (Wildman–Crippen MR) is 87.5 cm³/mol. The largest absolute Gasteiger partial charge is 0.322 e. The van der Waals surface area contributed by atoms with Gasteiger partial charge in [-0.2, -0.15) is 0 Å². The Hall–Kier alpha value is -1.39. The summed E-state index contributed by atoms with van der Waals surface area (Å²) in [5.41, 5.74) is 2.40. The number of hydrogen-bond donors (Lipinski definition) is 1. The Morgan fingerprint density at radius 1 is 1.14 bits per heavy atom. The summed E-state index contributed by atoms with van der Waals surface area (Å²) < 4.78 is 2.40. The molecule has 0 atom stereocenters. The zero-order valence-corrected chi connectivity index (χ0v) is 13.4. The molecule has 1 N–H and O–H groups in total. The first-order valence-electron chi connectivity index (χ1n) is 7.95. The first kappa shape index (κ1) is 14.5. The van der Waals surface area contributed by atoms with Gasteiger partial charge in [0.1, 0.15) is 5.82 Å². The van der Waals surface area contributed by atoms with E-state index in [4.69, 9.17) is 4.98 Å². The Labute approximate surface area is 127 Å². The van der Waals surface area contributed by atoms with Crippen molar-refractivity contribution in [2.75, 3.05) is 26.2 Å². The molecule has 1 aliphatic heterocycles. The molecule has 1 aliphatic rings. The van der Waals surface area contributed by atoms with Gasteiger partial charge >= 0.3 is 0 Å². The van der Waals surface area contributed by atoms with E-state index in [9.17, 15) is 0 Å². The molecular weight excluding hydrogens is 260 g/mol. The van der Waals surface area contributed by atoms with E-state index >= 15 is 0 Å². The molecule has 1 fully saturated rings. The first-order chi connectivity index (χ1) is 10.1. The molecule has 0 radical (unpaired) electrons. The van der Waals surface area contributed by atoms with Crippen LogP contribution in [0.15, 0.2) is 24.3 Å². The highest BCUT2D eigenvalue weighted by Gasteiger charge is 2.22. The maximum absolute atomic E-state index is 4.90. The SMILES string of the molecule is CC(C)(C)n1c(CN2CCCNCC2)nc2ccccc21. The first-order valence-corrected chi connectivity index (χ1v) is 7.95. The quantitative estimate of drug-likeness (QED) is 0.921. The van der Waals surface area contributed by atoms with Gasteiger partial charge in [-0.05, 0) is 52.4 Å². The summed E-state index contributed by atoms with van der Waals surface area (Å²) in [5, 5.41) is 3.47. The molecule has 0 bridgehead atoms. The normalized spacial score (nSPS) is 18.0. The lowest BCUT2D eigenvalue weighted by Crippen LogP contribution is -2.31. The molecule has 2 aromatic rings. The van der Waals surface area contributed by atoms with E-state index in [0.717, 1.165) is 38.2 Å². The Kier molecular flexibility index (Phi) is 4.00. The highest BCUT2D eigenvalue weighted by molar-refractivity contribution is 5.76. The maximum Gasteiger partial charge on any atom is 0.124 e. The molecule has 3 rings (SSSR count). The monoisotopic (exact) mass is 286 g/mol. The van der Waals surface area contributed by atoms with E-state index in [0.29, 0.717) is 0 Å². The minimum Gasteiger partial charge on any atom is -0.322 e. The summed E-state index contributed by atoms with van der Waals surface area (Å²) in [6.07, 6.45) is 1.22. The summed E-state index contributed by atoms with van der Waals surface area (Å²) in [6.45, 7) is 12.2. The second-order valence-corrected chi connectivity index (χ2v) is 6.90. The van der Waals surface area contributed by atoms with Gasteiger partial charge in [-0.25, -0.2) is 4.98 Å². The Morgan fingerprint density at radius 2 is 1.95 bits per heavy atom. The van der Waals surface area contributed by atoms with Crippen LogP contribution in [0.25, 0.3) is 11.0 Å². The van der Waals surface area contributed by atoms with Crippen molar-refractivity contribution in [3.05, 3.63) is 30.1 Å². The fourth-order valence-electron chi connectivity index (χ4n) is 3.19. The minimum absolute atomic E-state index is 0.0511. The van der Waals surface area contributed by atoms with Gasteiger partial charge in [0.15, 0.2) is 0 Å². The lowest BCUT2D eigenvalue weighted by Gasteiger charge is -2.27. The van der Waals surface area contributed by atoms with Gasteiger partial charge in [-0.1, -0.05) is 12.1 Å². The van der Waals surface area contributed by atoms with Crippen LogP contribution in [0.2, 0.25) is 0 Å². The standard InChI is InChI=1S/C17H26N4/c1-17(2,3)21-15-8-5-4-7-14(15)19-16(21)13-20-11-6-9-18-10-12-20/h4-5,7-8,18H,6,9-13H2,1-3H3. The highest BCUT2D eigenvalue weighted by Crippen LogP contribution is 2.25. The van der Waals surface area contributed by atoms with E-state index in [1.807, 2.05) is 0 Å². The van der Waals surface area contributed by atoms with Crippen LogP contribution in [0.1, 0.15) is 33.0 Å². The summed E-state index contributed by atoms with van der Waals surface area (Å²) in [4.78, 5) is 7.42. The Morgan fingerprint density at radius 3 is 2.76 bits per heavy atom. The van der Waals surface area contributed by atoms with Gasteiger partial charge < -0.3 is 9.88 Å². The molecule has 1 aromatic carbocycles. The second kappa shape index (κ2) is 5.78. The summed E-state index contributed by atoms with van der Waals surface area (Å²) in [5.74, 6) is 1.19. The van der Waals surface area contributed by atoms with Gasteiger partial charge in [0, 0.05) is 18.6 Å². The smallest absolute Gasteiger partial charge is 0.124 e. The third-order valence-corrected chi connectivity index (χ3v) is 4.10.